The quantitative estimate of drug-likeness (QED) is 0.828. The van der Waals surface area contributed by atoms with Gasteiger partial charge in [-0.3, -0.25) is 14.4 Å². The summed E-state index contributed by atoms with van der Waals surface area (Å²) in [5, 5.41) is 3.41. The average molecular weight is 356 g/mol. The molecule has 5 rings (SSSR count). The van der Waals surface area contributed by atoms with Crippen molar-refractivity contribution in [2.75, 3.05) is 44.7 Å². The number of hydrogen-bond donors (Lipinski definition) is 1. The monoisotopic (exact) mass is 356 g/mol. The summed E-state index contributed by atoms with van der Waals surface area (Å²) in [5.74, 6) is -0.0301. The fourth-order valence-corrected chi connectivity index (χ4v) is 4.22. The van der Waals surface area contributed by atoms with E-state index in [0.717, 1.165) is 32.5 Å². The predicted molar refractivity (Wildman–Crippen MR) is 96.9 cm³/mol. The van der Waals surface area contributed by atoms with Gasteiger partial charge in [0.1, 0.15) is 13.1 Å². The molecule has 3 amide bonds. The summed E-state index contributed by atoms with van der Waals surface area (Å²) in [5.41, 5.74) is 1.06. The second kappa shape index (κ2) is 6.72. The predicted octanol–water partition coefficient (Wildman–Crippen LogP) is 0.316. The largest absolute Gasteiger partial charge is 0.337 e. The Morgan fingerprint density at radius 2 is 2.00 bits per heavy atom. The lowest BCUT2D eigenvalue weighted by molar-refractivity contribution is -0.136. The molecule has 0 aliphatic carbocycles. The van der Waals surface area contributed by atoms with Crippen molar-refractivity contribution >= 4 is 23.4 Å². The summed E-state index contributed by atoms with van der Waals surface area (Å²) in [7, 11) is 1.67. The third kappa shape index (κ3) is 2.96. The van der Waals surface area contributed by atoms with E-state index in [-0.39, 0.29) is 36.9 Å². The van der Waals surface area contributed by atoms with Crippen LogP contribution < -0.4 is 10.2 Å². The van der Waals surface area contributed by atoms with Gasteiger partial charge in [-0.25, -0.2) is 0 Å². The van der Waals surface area contributed by atoms with Gasteiger partial charge in [-0.05, 0) is 37.4 Å². The Labute approximate surface area is 152 Å². The van der Waals surface area contributed by atoms with Crippen molar-refractivity contribution in [1.29, 1.82) is 0 Å². The van der Waals surface area contributed by atoms with E-state index in [4.69, 9.17) is 0 Å². The molecule has 7 nitrogen and oxygen atoms in total. The summed E-state index contributed by atoms with van der Waals surface area (Å²) in [6, 6.07) is 7.24. The second-order valence-corrected chi connectivity index (χ2v) is 7.43. The third-order valence-electron chi connectivity index (χ3n) is 5.75. The molecule has 0 radical (unpaired) electrons. The highest BCUT2D eigenvalue weighted by molar-refractivity contribution is 6.10. The Hall–Kier alpha value is -2.41. The Balaban J connectivity index is 1.55. The lowest BCUT2D eigenvalue weighted by Gasteiger charge is -2.37. The maximum Gasteiger partial charge on any atom is 0.256 e. The first-order valence-corrected chi connectivity index (χ1v) is 9.19. The number of anilines is 1. The lowest BCUT2D eigenvalue weighted by atomic mass is 9.95. The molecule has 1 aromatic carbocycles. The molecule has 1 N–H and O–H groups in total. The summed E-state index contributed by atoms with van der Waals surface area (Å²) in [6.45, 7) is 2.37. The van der Waals surface area contributed by atoms with Gasteiger partial charge in [0.25, 0.3) is 5.91 Å². The fourth-order valence-electron chi connectivity index (χ4n) is 4.22. The SMILES string of the molecule is CN1C(=O)CN(CC(=O)N2CC3CCC2CNC3)C(=O)c2ccccc21. The fraction of sp³-hybridized carbons (Fsp3) is 0.526. The van der Waals surface area contributed by atoms with Gasteiger partial charge in [0, 0.05) is 26.2 Å². The number of hydrogen-bond acceptors (Lipinski definition) is 4. The number of nitrogens with zero attached hydrogens (tertiary/aromatic N) is 3. The maximum atomic E-state index is 12.9. The zero-order valence-electron chi connectivity index (χ0n) is 15.0. The summed E-state index contributed by atoms with van der Waals surface area (Å²) >= 11 is 0. The van der Waals surface area contributed by atoms with Crippen LogP contribution in [0.5, 0.6) is 0 Å². The second-order valence-electron chi connectivity index (χ2n) is 7.43. The number of piperidine rings is 1. The normalized spacial score (nSPS) is 25.8. The van der Waals surface area contributed by atoms with Gasteiger partial charge >= 0.3 is 0 Å². The zero-order chi connectivity index (χ0) is 18.3. The molecule has 4 heterocycles. The minimum Gasteiger partial charge on any atom is -0.337 e. The van der Waals surface area contributed by atoms with Crippen LogP contribution in [-0.2, 0) is 9.59 Å². The molecule has 3 saturated heterocycles. The van der Waals surface area contributed by atoms with Crippen LogP contribution in [0.25, 0.3) is 0 Å². The highest BCUT2D eigenvalue weighted by atomic mass is 16.2. The van der Waals surface area contributed by atoms with Crippen molar-refractivity contribution in [1.82, 2.24) is 15.1 Å². The highest BCUT2D eigenvalue weighted by Gasteiger charge is 2.36. The summed E-state index contributed by atoms with van der Waals surface area (Å²) in [4.78, 5) is 43.1. The van der Waals surface area contributed by atoms with Gasteiger partial charge in [0.2, 0.25) is 11.8 Å². The molecule has 0 aromatic heterocycles. The van der Waals surface area contributed by atoms with Gasteiger partial charge in [-0.2, -0.15) is 0 Å². The van der Waals surface area contributed by atoms with Crippen molar-refractivity contribution in [3.63, 3.8) is 0 Å². The van der Waals surface area contributed by atoms with Crippen LogP contribution in [0.15, 0.2) is 24.3 Å². The maximum absolute atomic E-state index is 12.9. The van der Waals surface area contributed by atoms with Crippen LogP contribution >= 0.6 is 0 Å². The lowest BCUT2D eigenvalue weighted by Crippen LogP contribution is -2.52. The van der Waals surface area contributed by atoms with E-state index in [1.54, 1.807) is 31.3 Å². The van der Waals surface area contributed by atoms with Crippen LogP contribution in [0.4, 0.5) is 5.69 Å². The van der Waals surface area contributed by atoms with Crippen molar-refractivity contribution in [2.24, 2.45) is 5.92 Å². The highest BCUT2D eigenvalue weighted by Crippen LogP contribution is 2.26. The minimum absolute atomic E-state index is 0.0457. The van der Waals surface area contributed by atoms with Crippen molar-refractivity contribution in [3.05, 3.63) is 29.8 Å². The first-order chi connectivity index (χ1) is 12.5. The van der Waals surface area contributed by atoms with E-state index in [9.17, 15) is 14.4 Å². The molecule has 2 bridgehead atoms. The first kappa shape index (κ1) is 17.0. The van der Waals surface area contributed by atoms with Crippen molar-refractivity contribution in [2.45, 2.75) is 18.9 Å². The van der Waals surface area contributed by atoms with Gasteiger partial charge in [-0.15, -0.1) is 0 Å². The molecule has 3 fully saturated rings. The van der Waals surface area contributed by atoms with Crippen molar-refractivity contribution < 1.29 is 14.4 Å². The zero-order valence-corrected chi connectivity index (χ0v) is 15.0. The van der Waals surface area contributed by atoms with E-state index >= 15 is 0 Å². The van der Waals surface area contributed by atoms with Crippen molar-refractivity contribution in [3.8, 4) is 0 Å². The van der Waals surface area contributed by atoms with Gasteiger partial charge in [-0.1, -0.05) is 12.1 Å². The minimum atomic E-state index is -0.259. The van der Waals surface area contributed by atoms with E-state index in [0.29, 0.717) is 17.2 Å². The van der Waals surface area contributed by atoms with Gasteiger partial charge in [0.15, 0.2) is 0 Å². The molecule has 4 aliphatic rings. The van der Waals surface area contributed by atoms with E-state index in [1.807, 2.05) is 4.90 Å². The Kier molecular flexibility index (Phi) is 4.40. The molecular formula is C19H24N4O3. The number of benzene rings is 1. The van der Waals surface area contributed by atoms with E-state index in [1.165, 1.54) is 9.80 Å². The van der Waals surface area contributed by atoms with Gasteiger partial charge in [0.05, 0.1) is 11.3 Å². The molecule has 26 heavy (non-hydrogen) atoms. The first-order valence-electron chi connectivity index (χ1n) is 9.19. The molecule has 4 aliphatic heterocycles. The number of carbonyl (C=O) groups excluding carboxylic acids is 3. The number of likely N-dealkylation sites (N-methyl/N-ethyl adjacent to an activating group) is 1. The number of nitrogens with one attached hydrogen (secondary N) is 1. The smallest absolute Gasteiger partial charge is 0.256 e. The molecule has 2 unspecified atom stereocenters. The molecule has 1 aromatic rings. The molecule has 0 saturated carbocycles. The third-order valence-corrected chi connectivity index (χ3v) is 5.75. The molecule has 138 valence electrons. The Morgan fingerprint density at radius 1 is 1.19 bits per heavy atom. The number of fused-ring (bicyclic) bond motifs is 5. The molecule has 0 spiro atoms. The number of para-hydroxylation sites is 1. The molecular weight excluding hydrogens is 332 g/mol. The molecule has 2 atom stereocenters. The standard InChI is InChI=1S/C19H24N4O3/c1-21-16-5-3-2-4-15(16)19(26)22(11-17(21)24)12-18(25)23-10-13-6-7-14(23)9-20-8-13/h2-5,13-14,20H,6-12H2,1H3. The average Bonchev–Trinajstić information content (AvgIpc) is 3.04. The number of carbonyl (C=O) groups is 3. The van der Waals surface area contributed by atoms with Crippen LogP contribution in [0.1, 0.15) is 23.2 Å². The topological polar surface area (TPSA) is 73.0 Å². The van der Waals surface area contributed by atoms with E-state index in [2.05, 4.69) is 5.32 Å². The molecule has 7 heteroatoms. The van der Waals surface area contributed by atoms with Crippen LogP contribution in [0.3, 0.4) is 0 Å². The Morgan fingerprint density at radius 3 is 2.85 bits per heavy atom. The van der Waals surface area contributed by atoms with Crippen LogP contribution in [0, 0.1) is 5.92 Å². The number of rotatable bonds is 2. The Bertz CT molecular complexity index is 746. The van der Waals surface area contributed by atoms with Crippen LogP contribution in [0.2, 0.25) is 0 Å². The van der Waals surface area contributed by atoms with Crippen LogP contribution in [-0.4, -0.2) is 73.3 Å². The summed E-state index contributed by atoms with van der Waals surface area (Å²) < 4.78 is 0. The summed E-state index contributed by atoms with van der Waals surface area (Å²) in [6.07, 6.45) is 2.14. The van der Waals surface area contributed by atoms with Gasteiger partial charge < -0.3 is 20.0 Å². The number of amides is 3. The van der Waals surface area contributed by atoms with E-state index < -0.39 is 0 Å².